The highest BCUT2D eigenvalue weighted by Crippen LogP contribution is 2.15. The van der Waals surface area contributed by atoms with Gasteiger partial charge < -0.3 is 15.0 Å². The molecule has 0 saturated carbocycles. The maximum absolute atomic E-state index is 5.23. The van der Waals surface area contributed by atoms with Crippen molar-refractivity contribution in [2.45, 2.75) is 32.5 Å². The van der Waals surface area contributed by atoms with Crippen molar-refractivity contribution in [3.05, 3.63) is 53.6 Å². The van der Waals surface area contributed by atoms with Gasteiger partial charge in [0.05, 0.1) is 12.6 Å². The number of nitrogens with zero attached hydrogens (tertiary/aromatic N) is 1. The summed E-state index contributed by atoms with van der Waals surface area (Å²) in [6.07, 6.45) is 4.65. The van der Waals surface area contributed by atoms with Gasteiger partial charge in [-0.05, 0) is 17.5 Å². The number of methoxy groups -OCH3 is 1. The summed E-state index contributed by atoms with van der Waals surface area (Å²) in [5, 5.41) is 3.54. The van der Waals surface area contributed by atoms with E-state index in [1.807, 2.05) is 12.3 Å². The zero-order chi connectivity index (χ0) is 13.5. The Kier molecular flexibility index (Phi) is 5.12. The van der Waals surface area contributed by atoms with Gasteiger partial charge in [-0.25, -0.2) is 4.98 Å². The molecule has 1 heterocycles. The van der Waals surface area contributed by atoms with Gasteiger partial charge in [0, 0.05) is 26.0 Å². The SMILES string of the molecule is CCC(NCc1ccccc1COC)c1ncc[nH]1. The minimum absolute atomic E-state index is 0.255. The third-order valence-electron chi connectivity index (χ3n) is 3.21. The summed E-state index contributed by atoms with van der Waals surface area (Å²) in [7, 11) is 1.72. The van der Waals surface area contributed by atoms with Gasteiger partial charge in [-0.2, -0.15) is 0 Å². The molecule has 1 atom stereocenters. The van der Waals surface area contributed by atoms with Crippen LogP contribution in [0.2, 0.25) is 0 Å². The summed E-state index contributed by atoms with van der Waals surface area (Å²) in [6, 6.07) is 8.60. The number of hydrogen-bond acceptors (Lipinski definition) is 3. The third kappa shape index (κ3) is 3.66. The van der Waals surface area contributed by atoms with Crippen LogP contribution in [-0.2, 0) is 17.9 Å². The van der Waals surface area contributed by atoms with E-state index in [1.54, 1.807) is 13.3 Å². The molecule has 4 nitrogen and oxygen atoms in total. The van der Waals surface area contributed by atoms with Gasteiger partial charge in [-0.3, -0.25) is 0 Å². The number of ether oxygens (including phenoxy) is 1. The normalized spacial score (nSPS) is 12.5. The number of benzene rings is 1. The number of nitrogens with one attached hydrogen (secondary N) is 2. The highest BCUT2D eigenvalue weighted by molar-refractivity contribution is 5.26. The van der Waals surface area contributed by atoms with Crippen molar-refractivity contribution in [1.29, 1.82) is 0 Å². The van der Waals surface area contributed by atoms with Crippen molar-refractivity contribution in [3.8, 4) is 0 Å². The molecule has 1 aromatic carbocycles. The van der Waals surface area contributed by atoms with Gasteiger partial charge in [0.2, 0.25) is 0 Å². The quantitative estimate of drug-likeness (QED) is 0.804. The monoisotopic (exact) mass is 259 g/mol. The van der Waals surface area contributed by atoms with Crippen molar-refractivity contribution < 1.29 is 4.74 Å². The smallest absolute Gasteiger partial charge is 0.123 e. The molecular formula is C15H21N3O. The second kappa shape index (κ2) is 7.07. The van der Waals surface area contributed by atoms with E-state index in [-0.39, 0.29) is 6.04 Å². The molecule has 1 unspecified atom stereocenters. The van der Waals surface area contributed by atoms with E-state index in [0.717, 1.165) is 18.8 Å². The number of aromatic nitrogens is 2. The molecule has 0 saturated heterocycles. The van der Waals surface area contributed by atoms with Gasteiger partial charge in [0.1, 0.15) is 5.82 Å². The number of H-pyrrole nitrogens is 1. The molecule has 2 N–H and O–H groups in total. The van der Waals surface area contributed by atoms with E-state index in [1.165, 1.54) is 11.1 Å². The molecule has 0 amide bonds. The lowest BCUT2D eigenvalue weighted by molar-refractivity contribution is 0.184. The fourth-order valence-electron chi connectivity index (χ4n) is 2.16. The standard InChI is InChI=1S/C15H21N3O/c1-3-14(15-16-8-9-17-15)18-10-12-6-4-5-7-13(12)11-19-2/h4-9,14,18H,3,10-11H2,1-2H3,(H,16,17). The molecule has 4 heteroatoms. The van der Waals surface area contributed by atoms with Gasteiger partial charge >= 0.3 is 0 Å². The van der Waals surface area contributed by atoms with Crippen LogP contribution in [0.3, 0.4) is 0 Å². The first-order valence-corrected chi connectivity index (χ1v) is 6.63. The first-order chi connectivity index (χ1) is 9.35. The summed E-state index contributed by atoms with van der Waals surface area (Å²) in [5.41, 5.74) is 2.50. The molecule has 0 fully saturated rings. The van der Waals surface area contributed by atoms with Gasteiger partial charge in [0.15, 0.2) is 0 Å². The molecule has 0 aliphatic carbocycles. The van der Waals surface area contributed by atoms with E-state index in [9.17, 15) is 0 Å². The topological polar surface area (TPSA) is 49.9 Å². The highest BCUT2D eigenvalue weighted by Gasteiger charge is 2.11. The molecule has 0 bridgehead atoms. The van der Waals surface area contributed by atoms with Crippen LogP contribution in [0.4, 0.5) is 0 Å². The van der Waals surface area contributed by atoms with Crippen LogP contribution in [0.25, 0.3) is 0 Å². The average Bonchev–Trinajstić information content (AvgIpc) is 2.96. The predicted octanol–water partition coefficient (Wildman–Crippen LogP) is 2.80. The third-order valence-corrected chi connectivity index (χ3v) is 3.21. The van der Waals surface area contributed by atoms with E-state index in [2.05, 4.69) is 40.4 Å². The maximum Gasteiger partial charge on any atom is 0.123 e. The first kappa shape index (κ1) is 13.8. The Bertz CT molecular complexity index is 482. The summed E-state index contributed by atoms with van der Waals surface area (Å²) < 4.78 is 5.23. The van der Waals surface area contributed by atoms with Gasteiger partial charge in [0.25, 0.3) is 0 Å². The summed E-state index contributed by atoms with van der Waals surface area (Å²) in [5.74, 6) is 0.992. The summed E-state index contributed by atoms with van der Waals surface area (Å²) in [4.78, 5) is 7.48. The number of aromatic amines is 1. The van der Waals surface area contributed by atoms with Crippen LogP contribution in [-0.4, -0.2) is 17.1 Å². The van der Waals surface area contributed by atoms with Crippen molar-refractivity contribution in [2.24, 2.45) is 0 Å². The van der Waals surface area contributed by atoms with Crippen molar-refractivity contribution in [3.63, 3.8) is 0 Å². The Labute approximate surface area is 114 Å². The predicted molar refractivity (Wildman–Crippen MR) is 75.6 cm³/mol. The van der Waals surface area contributed by atoms with E-state index >= 15 is 0 Å². The molecule has 102 valence electrons. The van der Waals surface area contributed by atoms with E-state index in [0.29, 0.717) is 6.61 Å². The van der Waals surface area contributed by atoms with Crippen LogP contribution >= 0.6 is 0 Å². The first-order valence-electron chi connectivity index (χ1n) is 6.63. The highest BCUT2D eigenvalue weighted by atomic mass is 16.5. The minimum atomic E-state index is 0.255. The number of rotatable bonds is 7. The largest absolute Gasteiger partial charge is 0.380 e. The van der Waals surface area contributed by atoms with Crippen LogP contribution in [0, 0.1) is 0 Å². The summed E-state index contributed by atoms with van der Waals surface area (Å²) in [6.45, 7) is 3.62. The van der Waals surface area contributed by atoms with Gasteiger partial charge in [-0.15, -0.1) is 0 Å². The second-order valence-corrected chi connectivity index (χ2v) is 4.52. The molecule has 0 radical (unpaired) electrons. The molecule has 2 rings (SSSR count). The fraction of sp³-hybridized carbons (Fsp3) is 0.400. The van der Waals surface area contributed by atoms with Crippen molar-refractivity contribution in [2.75, 3.05) is 7.11 Å². The molecule has 0 spiro atoms. The molecule has 2 aromatic rings. The molecular weight excluding hydrogens is 238 g/mol. The molecule has 0 aliphatic rings. The van der Waals surface area contributed by atoms with E-state index in [4.69, 9.17) is 4.74 Å². The van der Waals surface area contributed by atoms with E-state index < -0.39 is 0 Å². The number of hydrogen-bond donors (Lipinski definition) is 2. The Morgan fingerprint density at radius 1 is 1.32 bits per heavy atom. The lowest BCUT2D eigenvalue weighted by atomic mass is 10.1. The van der Waals surface area contributed by atoms with Crippen LogP contribution < -0.4 is 5.32 Å². The Morgan fingerprint density at radius 2 is 2.11 bits per heavy atom. The zero-order valence-corrected chi connectivity index (χ0v) is 11.5. The van der Waals surface area contributed by atoms with Gasteiger partial charge in [-0.1, -0.05) is 31.2 Å². The van der Waals surface area contributed by atoms with Crippen LogP contribution in [0.5, 0.6) is 0 Å². The fourth-order valence-corrected chi connectivity index (χ4v) is 2.16. The lowest BCUT2D eigenvalue weighted by Crippen LogP contribution is -2.22. The number of imidazole rings is 1. The van der Waals surface area contributed by atoms with Crippen LogP contribution in [0.15, 0.2) is 36.7 Å². The van der Waals surface area contributed by atoms with Crippen molar-refractivity contribution in [1.82, 2.24) is 15.3 Å². The molecule has 1 aromatic heterocycles. The maximum atomic E-state index is 5.23. The Morgan fingerprint density at radius 3 is 2.74 bits per heavy atom. The Hall–Kier alpha value is -1.65. The molecule has 19 heavy (non-hydrogen) atoms. The molecule has 0 aliphatic heterocycles. The second-order valence-electron chi connectivity index (χ2n) is 4.52. The Balaban J connectivity index is 2.01. The zero-order valence-electron chi connectivity index (χ0n) is 11.5. The summed E-state index contributed by atoms with van der Waals surface area (Å²) >= 11 is 0. The van der Waals surface area contributed by atoms with Crippen LogP contribution in [0.1, 0.15) is 36.3 Å². The van der Waals surface area contributed by atoms with Crippen molar-refractivity contribution >= 4 is 0 Å². The minimum Gasteiger partial charge on any atom is -0.380 e. The lowest BCUT2D eigenvalue weighted by Gasteiger charge is -2.16. The average molecular weight is 259 g/mol.